The lowest BCUT2D eigenvalue weighted by Crippen LogP contribution is -2.30. The lowest BCUT2D eigenvalue weighted by atomic mass is 10.1. The molecule has 5 atom stereocenters. The Morgan fingerprint density at radius 1 is 0.300 bits per heavy atom. The van der Waals surface area contributed by atoms with E-state index in [0.717, 1.165) is 161 Å². The summed E-state index contributed by atoms with van der Waals surface area (Å²) in [6, 6.07) is 0. The molecule has 100 heavy (non-hydrogen) atoms. The molecule has 564 valence electrons. The second-order valence-corrected chi connectivity index (χ2v) is 26.7. The van der Waals surface area contributed by atoms with Crippen molar-refractivity contribution in [1.29, 1.82) is 0 Å². The molecule has 0 aliphatic heterocycles. The van der Waals surface area contributed by atoms with Gasteiger partial charge in [0, 0.05) is 19.3 Å². The zero-order valence-corrected chi connectivity index (χ0v) is 63.1. The van der Waals surface area contributed by atoms with Crippen molar-refractivity contribution in [2.24, 2.45) is 0 Å². The Labute approximate surface area is 603 Å². The number of aliphatic hydroxyl groups is 1. The first kappa shape index (κ1) is 94.2. The third kappa shape index (κ3) is 70.6. The van der Waals surface area contributed by atoms with Crippen molar-refractivity contribution < 1.29 is 80.2 Å². The van der Waals surface area contributed by atoms with Gasteiger partial charge in [-0.1, -0.05) is 255 Å². The van der Waals surface area contributed by atoms with Crippen LogP contribution in [-0.2, 0) is 65.4 Å². The summed E-state index contributed by atoms with van der Waals surface area (Å²) in [7, 11) is -10.0. The maximum absolute atomic E-state index is 13.1. The first-order chi connectivity index (χ1) is 48.7. The molecule has 0 rings (SSSR count). The molecule has 0 aliphatic carbocycles. The molecule has 0 aromatic carbocycles. The summed E-state index contributed by atoms with van der Waals surface area (Å²) in [5.74, 6) is -2.45. The molecule has 0 aliphatic rings. The maximum Gasteiger partial charge on any atom is 0.472 e. The molecule has 0 heterocycles. The average molecular weight is 1440 g/mol. The van der Waals surface area contributed by atoms with Crippen molar-refractivity contribution in [2.75, 3.05) is 39.6 Å². The number of allylic oxidation sites excluding steroid dienone is 29. The number of aliphatic hydroxyl groups excluding tert-OH is 1. The molecule has 3 N–H and O–H groups in total. The molecule has 0 saturated heterocycles. The van der Waals surface area contributed by atoms with Crippen LogP contribution in [0.4, 0.5) is 0 Å². The summed E-state index contributed by atoms with van der Waals surface area (Å²) in [5, 5.41) is 10.6. The summed E-state index contributed by atoms with van der Waals surface area (Å²) in [4.78, 5) is 72.7. The van der Waals surface area contributed by atoms with Gasteiger partial charge in [-0.15, -0.1) is 0 Å². The predicted octanol–water partition coefficient (Wildman–Crippen LogP) is 21.2. The topological polar surface area (TPSA) is 237 Å². The third-order valence-electron chi connectivity index (χ3n) is 14.4. The van der Waals surface area contributed by atoms with Gasteiger partial charge in [-0.25, -0.2) is 9.13 Å². The fraction of sp³-hybridized carbons (Fsp3) is 0.580. The van der Waals surface area contributed by atoms with Gasteiger partial charge in [-0.05, 0) is 148 Å². The van der Waals surface area contributed by atoms with E-state index in [1.807, 2.05) is 30.4 Å². The molecule has 0 aromatic rings. The molecular formula is C81H128O17P2. The minimum Gasteiger partial charge on any atom is -0.462 e. The van der Waals surface area contributed by atoms with Gasteiger partial charge in [0.1, 0.15) is 19.3 Å². The normalized spacial score (nSPS) is 15.0. The van der Waals surface area contributed by atoms with Crippen molar-refractivity contribution in [3.63, 3.8) is 0 Å². The van der Waals surface area contributed by atoms with Gasteiger partial charge < -0.3 is 33.8 Å². The molecule has 0 spiro atoms. The summed E-state index contributed by atoms with van der Waals surface area (Å²) < 4.78 is 68.2. The van der Waals surface area contributed by atoms with E-state index in [4.69, 9.17) is 37.0 Å². The minimum absolute atomic E-state index is 0.0474. The van der Waals surface area contributed by atoms with Gasteiger partial charge in [0.05, 0.1) is 32.8 Å². The molecule has 19 heteroatoms. The highest BCUT2D eigenvalue weighted by Gasteiger charge is 2.30. The molecule has 17 nitrogen and oxygen atoms in total. The van der Waals surface area contributed by atoms with Gasteiger partial charge in [-0.2, -0.15) is 0 Å². The Morgan fingerprint density at radius 3 is 0.920 bits per heavy atom. The fourth-order valence-electron chi connectivity index (χ4n) is 8.85. The van der Waals surface area contributed by atoms with Crippen molar-refractivity contribution in [2.45, 2.75) is 264 Å². The number of carbonyl (C=O) groups is 4. The van der Waals surface area contributed by atoms with Crippen LogP contribution in [0.3, 0.4) is 0 Å². The van der Waals surface area contributed by atoms with E-state index in [1.165, 1.54) is 0 Å². The Hall–Kier alpha value is -5.84. The Balaban J connectivity index is 5.51. The van der Waals surface area contributed by atoms with Gasteiger partial charge in [0.25, 0.3) is 0 Å². The predicted molar refractivity (Wildman–Crippen MR) is 408 cm³/mol. The smallest absolute Gasteiger partial charge is 0.462 e. The molecule has 0 radical (unpaired) electrons. The lowest BCUT2D eigenvalue weighted by molar-refractivity contribution is -0.161. The molecule has 0 aromatic heterocycles. The number of hydrogen-bond acceptors (Lipinski definition) is 15. The van der Waals surface area contributed by atoms with Gasteiger partial charge in [0.2, 0.25) is 0 Å². The number of ether oxygens (including phenoxy) is 4. The summed E-state index contributed by atoms with van der Waals surface area (Å²) >= 11 is 0. The van der Waals surface area contributed by atoms with Crippen LogP contribution < -0.4 is 0 Å². The molecule has 0 fully saturated rings. The number of phosphoric acid groups is 2. The van der Waals surface area contributed by atoms with E-state index < -0.39 is 97.5 Å². The average Bonchev–Trinajstić information content (AvgIpc) is 0.965. The number of carbonyl (C=O) groups excluding carboxylic acids is 4. The Bertz CT molecular complexity index is 2620. The SMILES string of the molecule is CC/C=C\C/C=C\C/C=C\C/C=C\C/C=C\CCCC(=O)OCC(COP(=O)(O)OCC(O)COP(=O)(O)OCC(COC(=O)C/C=C\C/C=C\C/C=C\C/C=C\C/C=C\CC)OC(=O)CCCCCCC/C=C\C/C=C\C/C=C\CC)OC(=O)CCCCCCC/C=C\C/C=C\CCC. The maximum atomic E-state index is 13.1. The van der Waals surface area contributed by atoms with Crippen molar-refractivity contribution in [3.8, 4) is 0 Å². The van der Waals surface area contributed by atoms with Crippen LogP contribution in [0.25, 0.3) is 0 Å². The van der Waals surface area contributed by atoms with Crippen LogP contribution in [-0.4, -0.2) is 96.7 Å². The van der Waals surface area contributed by atoms with E-state index in [0.29, 0.717) is 32.1 Å². The highest BCUT2D eigenvalue weighted by molar-refractivity contribution is 7.47. The first-order valence-electron chi connectivity index (χ1n) is 37.0. The van der Waals surface area contributed by atoms with Crippen molar-refractivity contribution in [3.05, 3.63) is 182 Å². The van der Waals surface area contributed by atoms with Gasteiger partial charge in [0.15, 0.2) is 12.2 Å². The van der Waals surface area contributed by atoms with Crippen LogP contribution in [0, 0.1) is 0 Å². The van der Waals surface area contributed by atoms with E-state index >= 15 is 0 Å². The van der Waals surface area contributed by atoms with E-state index in [-0.39, 0.29) is 25.7 Å². The zero-order chi connectivity index (χ0) is 73.2. The number of esters is 4. The molecule has 0 bridgehead atoms. The molecular weight excluding hydrogens is 1310 g/mol. The Morgan fingerprint density at radius 2 is 0.570 bits per heavy atom. The van der Waals surface area contributed by atoms with Crippen molar-refractivity contribution >= 4 is 39.5 Å². The first-order valence-corrected chi connectivity index (χ1v) is 40.0. The van der Waals surface area contributed by atoms with E-state index in [2.05, 4.69) is 174 Å². The van der Waals surface area contributed by atoms with Crippen LogP contribution >= 0.6 is 15.6 Å². The molecule has 5 unspecified atom stereocenters. The second-order valence-electron chi connectivity index (χ2n) is 23.8. The standard InChI is InChI=1S/C81H128O17P2/c1-5-9-13-17-21-25-29-33-36-37-40-43-46-50-54-58-62-66-79(84)92-71-76(97-80(85)67-63-59-55-51-47-41-32-28-24-20-16-12-8-4)73-95-99(87,88)93-69-75(82)70-94-100(89,90)96-74-77(98-81(86)68-64-60-56-52-48-44-39-35-31-27-23-19-15-11-7-3)72-91-78(83)65-61-57-53-49-45-42-38-34-30-26-22-18-14-10-6-2/h9-11,13-16,20-23,25-28,32-36,38-40,43,45,49-50,54,57,61,75-77,82H,5-8,12,17-19,24,29-31,37,41-42,44,46-48,51-53,55-56,58-60,62-74H2,1-4H3,(H,87,88)(H,89,90)/b13-9-,14-10-,15-11-,20-16-,25-21-,26-22-,27-23-,32-28-,36-33-,38-34-,39-35-,43-40-,49-45-,54-50-,61-57-. The molecule has 0 saturated carbocycles. The van der Waals surface area contributed by atoms with Gasteiger partial charge >= 0.3 is 39.5 Å². The fourth-order valence-corrected chi connectivity index (χ4v) is 10.4. The number of hydrogen-bond donors (Lipinski definition) is 3. The van der Waals surface area contributed by atoms with Crippen LogP contribution in [0.5, 0.6) is 0 Å². The van der Waals surface area contributed by atoms with Crippen molar-refractivity contribution in [1.82, 2.24) is 0 Å². The lowest BCUT2D eigenvalue weighted by Gasteiger charge is -2.21. The number of rotatable bonds is 67. The largest absolute Gasteiger partial charge is 0.472 e. The Kier molecular flexibility index (Phi) is 67.4. The number of unbranched alkanes of at least 4 members (excludes halogenated alkanes) is 12. The number of phosphoric ester groups is 2. The van der Waals surface area contributed by atoms with E-state index in [1.54, 1.807) is 6.08 Å². The van der Waals surface area contributed by atoms with Crippen LogP contribution in [0.15, 0.2) is 182 Å². The third-order valence-corrected chi connectivity index (χ3v) is 16.3. The molecule has 0 amide bonds. The highest BCUT2D eigenvalue weighted by atomic mass is 31.2. The second kappa shape index (κ2) is 71.6. The van der Waals surface area contributed by atoms with Gasteiger partial charge in [-0.3, -0.25) is 37.3 Å². The summed E-state index contributed by atoms with van der Waals surface area (Å²) in [6.07, 6.45) is 85.0. The quantitative estimate of drug-likeness (QED) is 0.0169. The monoisotopic (exact) mass is 1430 g/mol. The minimum atomic E-state index is -5.01. The van der Waals surface area contributed by atoms with Crippen LogP contribution in [0.2, 0.25) is 0 Å². The zero-order valence-electron chi connectivity index (χ0n) is 61.3. The van der Waals surface area contributed by atoms with Crippen LogP contribution in [0.1, 0.15) is 246 Å². The van der Waals surface area contributed by atoms with E-state index in [9.17, 15) is 43.2 Å². The summed E-state index contributed by atoms with van der Waals surface area (Å²) in [5.41, 5.74) is 0. The highest BCUT2D eigenvalue weighted by Crippen LogP contribution is 2.45. The summed E-state index contributed by atoms with van der Waals surface area (Å²) in [6.45, 7) is 4.20.